The fraction of sp³-hybridized carbons (Fsp3) is 0.100. The molecule has 0 spiro atoms. The number of carbonyl (C=O) groups is 1. The fourth-order valence-corrected chi connectivity index (χ4v) is 3.34. The van der Waals surface area contributed by atoms with Gasteiger partial charge in [-0.05, 0) is 18.2 Å². The summed E-state index contributed by atoms with van der Waals surface area (Å²) >= 11 is 5.99. The Labute approximate surface area is 193 Å². The topological polar surface area (TPSA) is 127 Å². The SMILES string of the molecule is Cn1cc(-n2nc(-c3ccc(Oc4ccnc(N)c4Cl)c(F)c3)c(C(N)=O)c2C(F)(F)F)cn1. The Kier molecular flexibility index (Phi) is 5.65. The maximum Gasteiger partial charge on any atom is 0.434 e. The summed E-state index contributed by atoms with van der Waals surface area (Å²) in [6.45, 7) is 0. The normalized spacial score (nSPS) is 11.6. The summed E-state index contributed by atoms with van der Waals surface area (Å²) in [4.78, 5) is 15.8. The highest BCUT2D eigenvalue weighted by molar-refractivity contribution is 6.34. The summed E-state index contributed by atoms with van der Waals surface area (Å²) in [5.41, 5.74) is 7.84. The zero-order valence-electron chi connectivity index (χ0n) is 17.1. The van der Waals surface area contributed by atoms with Crippen molar-refractivity contribution in [3.8, 4) is 28.4 Å². The van der Waals surface area contributed by atoms with E-state index in [9.17, 15) is 22.4 Å². The average molecular weight is 496 g/mol. The maximum atomic E-state index is 14.9. The summed E-state index contributed by atoms with van der Waals surface area (Å²) < 4.78 is 63.8. The van der Waals surface area contributed by atoms with Gasteiger partial charge in [0.25, 0.3) is 5.91 Å². The summed E-state index contributed by atoms with van der Waals surface area (Å²) in [7, 11) is 1.49. The molecule has 14 heteroatoms. The van der Waals surface area contributed by atoms with Gasteiger partial charge in [0, 0.05) is 24.9 Å². The number of aryl methyl sites for hydroxylation is 1. The van der Waals surface area contributed by atoms with Crippen LogP contribution in [0.3, 0.4) is 0 Å². The number of anilines is 1. The fourth-order valence-electron chi connectivity index (χ4n) is 3.19. The molecular weight excluding hydrogens is 482 g/mol. The van der Waals surface area contributed by atoms with Crippen molar-refractivity contribution in [2.45, 2.75) is 6.18 Å². The van der Waals surface area contributed by atoms with E-state index in [-0.39, 0.29) is 33.6 Å². The molecule has 176 valence electrons. The van der Waals surface area contributed by atoms with Gasteiger partial charge in [0.1, 0.15) is 22.2 Å². The number of nitrogen functional groups attached to an aromatic ring is 1. The Hall–Kier alpha value is -4.13. The molecule has 0 bridgehead atoms. The molecule has 0 aliphatic carbocycles. The van der Waals surface area contributed by atoms with Crippen molar-refractivity contribution in [1.82, 2.24) is 24.5 Å². The molecule has 0 unspecified atom stereocenters. The minimum absolute atomic E-state index is 0.0128. The molecule has 0 radical (unpaired) electrons. The number of nitrogens with two attached hydrogens (primary N) is 2. The van der Waals surface area contributed by atoms with Crippen LogP contribution in [0.2, 0.25) is 5.02 Å². The summed E-state index contributed by atoms with van der Waals surface area (Å²) in [6.07, 6.45) is -1.33. The zero-order valence-corrected chi connectivity index (χ0v) is 17.9. The molecule has 4 rings (SSSR count). The Balaban J connectivity index is 1.84. The first-order chi connectivity index (χ1) is 16.0. The lowest BCUT2D eigenvalue weighted by Gasteiger charge is -2.11. The highest BCUT2D eigenvalue weighted by Gasteiger charge is 2.42. The van der Waals surface area contributed by atoms with E-state index in [1.807, 2.05) is 0 Å². The van der Waals surface area contributed by atoms with E-state index in [1.54, 1.807) is 0 Å². The van der Waals surface area contributed by atoms with E-state index in [4.69, 9.17) is 27.8 Å². The minimum Gasteiger partial charge on any atom is -0.453 e. The molecule has 0 saturated carbocycles. The van der Waals surface area contributed by atoms with Gasteiger partial charge in [-0.2, -0.15) is 23.4 Å². The van der Waals surface area contributed by atoms with Crippen LogP contribution in [0.1, 0.15) is 16.1 Å². The van der Waals surface area contributed by atoms with Crippen LogP contribution < -0.4 is 16.2 Å². The maximum absolute atomic E-state index is 14.9. The number of nitrogens with zero attached hydrogens (tertiary/aromatic N) is 5. The van der Waals surface area contributed by atoms with Crippen LogP contribution in [0.15, 0.2) is 42.9 Å². The van der Waals surface area contributed by atoms with Crippen molar-refractivity contribution in [3.63, 3.8) is 0 Å². The molecule has 0 aliphatic rings. The number of aromatic nitrogens is 5. The lowest BCUT2D eigenvalue weighted by atomic mass is 10.0. The number of benzene rings is 1. The lowest BCUT2D eigenvalue weighted by molar-refractivity contribution is -0.143. The van der Waals surface area contributed by atoms with Gasteiger partial charge in [-0.25, -0.2) is 14.1 Å². The second-order valence-electron chi connectivity index (χ2n) is 6.97. The molecule has 3 heterocycles. The van der Waals surface area contributed by atoms with E-state index in [1.165, 1.54) is 36.3 Å². The second-order valence-corrected chi connectivity index (χ2v) is 7.35. The monoisotopic (exact) mass is 495 g/mol. The van der Waals surface area contributed by atoms with Crippen LogP contribution in [0, 0.1) is 5.82 Å². The number of hydrogen-bond donors (Lipinski definition) is 2. The van der Waals surface area contributed by atoms with Gasteiger partial charge in [0.15, 0.2) is 23.0 Å². The van der Waals surface area contributed by atoms with E-state index in [0.29, 0.717) is 4.68 Å². The van der Waals surface area contributed by atoms with E-state index >= 15 is 0 Å². The number of amides is 1. The van der Waals surface area contributed by atoms with Gasteiger partial charge in [-0.1, -0.05) is 11.6 Å². The molecule has 1 amide bonds. The lowest BCUT2D eigenvalue weighted by Crippen LogP contribution is -2.21. The summed E-state index contributed by atoms with van der Waals surface area (Å²) in [5, 5.41) is 7.70. The average Bonchev–Trinajstić information content (AvgIpc) is 3.36. The number of alkyl halides is 3. The van der Waals surface area contributed by atoms with Crippen molar-refractivity contribution in [1.29, 1.82) is 0 Å². The Morgan fingerprint density at radius 1 is 1.21 bits per heavy atom. The van der Waals surface area contributed by atoms with Gasteiger partial charge < -0.3 is 16.2 Å². The Morgan fingerprint density at radius 3 is 2.53 bits per heavy atom. The van der Waals surface area contributed by atoms with Crippen molar-refractivity contribution in [3.05, 3.63) is 65.0 Å². The van der Waals surface area contributed by atoms with Crippen LogP contribution in [0.25, 0.3) is 16.9 Å². The minimum atomic E-state index is -5.01. The van der Waals surface area contributed by atoms with Crippen LogP contribution >= 0.6 is 11.6 Å². The largest absolute Gasteiger partial charge is 0.453 e. The molecular formula is C20H14ClF4N7O2. The predicted octanol–water partition coefficient (Wildman–Crippen LogP) is 3.95. The predicted molar refractivity (Wildman–Crippen MR) is 113 cm³/mol. The molecule has 4 aromatic rings. The number of hydrogen-bond acceptors (Lipinski definition) is 6. The molecule has 0 atom stereocenters. The molecule has 9 nitrogen and oxygen atoms in total. The third-order valence-electron chi connectivity index (χ3n) is 4.64. The standard InChI is InChI=1S/C20H14ClF4N7O2/c1-31-8-10(7-29-31)32-17(20(23,24)25)14(19(27)33)16(30-32)9-2-3-12(11(22)6-9)34-13-4-5-28-18(26)15(13)21/h2-8H,1H3,(H2,26,28)(H2,27,33). The second kappa shape index (κ2) is 8.33. The number of pyridine rings is 1. The highest BCUT2D eigenvalue weighted by Crippen LogP contribution is 2.39. The summed E-state index contributed by atoms with van der Waals surface area (Å²) in [6, 6.07) is 4.57. The van der Waals surface area contributed by atoms with Crippen molar-refractivity contribution >= 4 is 23.3 Å². The third-order valence-corrected chi connectivity index (χ3v) is 5.02. The first-order valence-electron chi connectivity index (χ1n) is 9.34. The third kappa shape index (κ3) is 4.12. The van der Waals surface area contributed by atoms with Gasteiger partial charge in [0.2, 0.25) is 0 Å². The molecule has 1 aromatic carbocycles. The zero-order chi connectivity index (χ0) is 24.8. The van der Waals surface area contributed by atoms with Gasteiger partial charge >= 0.3 is 6.18 Å². The number of halogens is 5. The number of primary amides is 1. The van der Waals surface area contributed by atoms with Crippen LogP contribution in [0.4, 0.5) is 23.4 Å². The van der Waals surface area contributed by atoms with E-state index < -0.39 is 34.9 Å². The molecule has 34 heavy (non-hydrogen) atoms. The first-order valence-corrected chi connectivity index (χ1v) is 9.72. The first kappa shape index (κ1) is 23.0. The van der Waals surface area contributed by atoms with Crippen LogP contribution in [-0.4, -0.2) is 30.5 Å². The van der Waals surface area contributed by atoms with E-state index in [2.05, 4.69) is 15.2 Å². The molecule has 4 N–H and O–H groups in total. The van der Waals surface area contributed by atoms with Crippen LogP contribution in [0.5, 0.6) is 11.5 Å². The van der Waals surface area contributed by atoms with Gasteiger partial charge in [-0.3, -0.25) is 9.48 Å². The van der Waals surface area contributed by atoms with Crippen molar-refractivity contribution in [2.24, 2.45) is 12.8 Å². The highest BCUT2D eigenvalue weighted by atomic mass is 35.5. The molecule has 0 saturated heterocycles. The van der Waals surface area contributed by atoms with Gasteiger partial charge in [-0.15, -0.1) is 0 Å². The quantitative estimate of drug-likeness (QED) is 0.404. The number of carbonyl (C=O) groups excluding carboxylic acids is 1. The Bertz CT molecular complexity index is 1410. The molecule has 3 aromatic heterocycles. The van der Waals surface area contributed by atoms with E-state index in [0.717, 1.165) is 18.3 Å². The molecule has 0 fully saturated rings. The number of ether oxygens (including phenoxy) is 1. The van der Waals surface area contributed by atoms with Crippen molar-refractivity contribution in [2.75, 3.05) is 5.73 Å². The molecule has 0 aliphatic heterocycles. The smallest absolute Gasteiger partial charge is 0.434 e. The van der Waals surface area contributed by atoms with Gasteiger partial charge in [0.05, 0.1) is 18.0 Å². The Morgan fingerprint density at radius 2 is 1.94 bits per heavy atom. The number of rotatable bonds is 5. The van der Waals surface area contributed by atoms with Crippen LogP contribution in [-0.2, 0) is 13.2 Å². The summed E-state index contributed by atoms with van der Waals surface area (Å²) in [5.74, 6) is -2.69. The van der Waals surface area contributed by atoms with Crippen molar-refractivity contribution < 1.29 is 27.1 Å².